The summed E-state index contributed by atoms with van der Waals surface area (Å²) in [5, 5.41) is 14.7. The van der Waals surface area contributed by atoms with Crippen molar-refractivity contribution in [1.82, 2.24) is 10.3 Å². The standard InChI is InChI=1S/C16H20N2O4S/c1-5-16(4,15-17-10(3)8-23-15)18-14(21)13-9(2)7-22-11(13)6-12(19)20/h7-8H,5-6H2,1-4H3,(H,18,21)(H,19,20). The van der Waals surface area contributed by atoms with Crippen LogP contribution in [0.2, 0.25) is 0 Å². The van der Waals surface area contributed by atoms with Crippen LogP contribution in [0.4, 0.5) is 0 Å². The molecule has 2 aromatic rings. The Morgan fingerprint density at radius 1 is 1.43 bits per heavy atom. The van der Waals surface area contributed by atoms with E-state index in [1.54, 1.807) is 6.92 Å². The van der Waals surface area contributed by atoms with Gasteiger partial charge in [-0.15, -0.1) is 11.3 Å². The molecule has 0 aromatic carbocycles. The van der Waals surface area contributed by atoms with Gasteiger partial charge in [-0.25, -0.2) is 4.98 Å². The zero-order valence-electron chi connectivity index (χ0n) is 13.6. The van der Waals surface area contributed by atoms with E-state index in [0.717, 1.165) is 10.7 Å². The Hall–Kier alpha value is -2.15. The summed E-state index contributed by atoms with van der Waals surface area (Å²) in [4.78, 5) is 28.1. The predicted molar refractivity (Wildman–Crippen MR) is 86.7 cm³/mol. The van der Waals surface area contributed by atoms with E-state index in [1.165, 1.54) is 17.6 Å². The largest absolute Gasteiger partial charge is 0.481 e. The van der Waals surface area contributed by atoms with Gasteiger partial charge in [0.1, 0.15) is 17.2 Å². The van der Waals surface area contributed by atoms with E-state index in [1.807, 2.05) is 26.2 Å². The SMILES string of the molecule is CCC(C)(NC(=O)c1c(C)coc1CC(=O)O)c1nc(C)cs1. The predicted octanol–water partition coefficient (Wildman–Crippen LogP) is 3.04. The summed E-state index contributed by atoms with van der Waals surface area (Å²) in [5.41, 5.74) is 1.21. The molecule has 1 unspecified atom stereocenters. The lowest BCUT2D eigenvalue weighted by Gasteiger charge is -2.27. The van der Waals surface area contributed by atoms with Crippen LogP contribution in [0.25, 0.3) is 0 Å². The molecule has 2 N–H and O–H groups in total. The first-order valence-electron chi connectivity index (χ1n) is 7.30. The lowest BCUT2D eigenvalue weighted by atomic mass is 9.98. The zero-order chi connectivity index (χ0) is 17.2. The van der Waals surface area contributed by atoms with Crippen LogP contribution < -0.4 is 5.32 Å². The van der Waals surface area contributed by atoms with Gasteiger partial charge in [0.2, 0.25) is 0 Å². The quantitative estimate of drug-likeness (QED) is 0.846. The van der Waals surface area contributed by atoms with Crippen LogP contribution in [0.3, 0.4) is 0 Å². The first-order chi connectivity index (χ1) is 10.8. The van der Waals surface area contributed by atoms with Crippen LogP contribution >= 0.6 is 11.3 Å². The molecule has 124 valence electrons. The van der Waals surface area contributed by atoms with Gasteiger partial charge in [-0.2, -0.15) is 0 Å². The summed E-state index contributed by atoms with van der Waals surface area (Å²) in [5.74, 6) is -1.21. The monoisotopic (exact) mass is 336 g/mol. The van der Waals surface area contributed by atoms with Crippen molar-refractivity contribution in [2.75, 3.05) is 0 Å². The van der Waals surface area contributed by atoms with Gasteiger partial charge in [0.05, 0.1) is 17.4 Å². The third-order valence-electron chi connectivity index (χ3n) is 3.78. The number of hydrogen-bond acceptors (Lipinski definition) is 5. The van der Waals surface area contributed by atoms with Crippen molar-refractivity contribution in [3.05, 3.63) is 39.2 Å². The van der Waals surface area contributed by atoms with Crippen LogP contribution in [0.15, 0.2) is 16.1 Å². The van der Waals surface area contributed by atoms with Gasteiger partial charge in [0.15, 0.2) is 0 Å². The third kappa shape index (κ3) is 3.61. The molecular formula is C16H20N2O4S. The van der Waals surface area contributed by atoms with E-state index in [9.17, 15) is 9.59 Å². The number of carbonyl (C=O) groups excluding carboxylic acids is 1. The Labute approximate surface area is 138 Å². The minimum Gasteiger partial charge on any atom is -0.481 e. The molecule has 0 bridgehead atoms. The van der Waals surface area contributed by atoms with Crippen LogP contribution in [0.5, 0.6) is 0 Å². The molecule has 2 aromatic heterocycles. The van der Waals surface area contributed by atoms with Crippen molar-refractivity contribution in [1.29, 1.82) is 0 Å². The number of nitrogens with zero attached hydrogens (tertiary/aromatic N) is 1. The average Bonchev–Trinajstić information content (AvgIpc) is 3.05. The van der Waals surface area contributed by atoms with Gasteiger partial charge in [-0.05, 0) is 27.2 Å². The van der Waals surface area contributed by atoms with Gasteiger partial charge in [-0.1, -0.05) is 6.92 Å². The average molecular weight is 336 g/mol. The minimum absolute atomic E-state index is 0.168. The highest BCUT2D eigenvalue weighted by Crippen LogP contribution is 2.29. The van der Waals surface area contributed by atoms with Crippen LogP contribution in [-0.2, 0) is 16.8 Å². The lowest BCUT2D eigenvalue weighted by molar-refractivity contribution is -0.136. The Bertz CT molecular complexity index is 734. The second-order valence-electron chi connectivity index (χ2n) is 5.72. The Kier molecular flexibility index (Phi) is 4.89. The lowest BCUT2D eigenvalue weighted by Crippen LogP contribution is -2.43. The molecule has 2 rings (SSSR count). The van der Waals surface area contributed by atoms with Gasteiger partial charge in [0, 0.05) is 16.6 Å². The van der Waals surface area contributed by atoms with E-state index in [0.29, 0.717) is 17.5 Å². The van der Waals surface area contributed by atoms with Crippen molar-refractivity contribution in [2.45, 2.75) is 46.1 Å². The summed E-state index contributed by atoms with van der Waals surface area (Å²) in [7, 11) is 0. The van der Waals surface area contributed by atoms with E-state index >= 15 is 0 Å². The number of carboxylic acids is 1. The first kappa shape index (κ1) is 17.2. The van der Waals surface area contributed by atoms with Crippen LogP contribution in [0.1, 0.15) is 52.7 Å². The molecule has 0 aliphatic heterocycles. The number of rotatable bonds is 6. The topological polar surface area (TPSA) is 92.4 Å². The molecule has 0 saturated heterocycles. The van der Waals surface area contributed by atoms with Crippen molar-refractivity contribution >= 4 is 23.2 Å². The van der Waals surface area contributed by atoms with E-state index < -0.39 is 11.5 Å². The molecule has 7 heteroatoms. The minimum atomic E-state index is -1.04. The van der Waals surface area contributed by atoms with E-state index in [2.05, 4.69) is 10.3 Å². The molecule has 0 aliphatic rings. The summed E-state index contributed by atoms with van der Waals surface area (Å²) in [6.45, 7) is 7.51. The fourth-order valence-electron chi connectivity index (χ4n) is 2.28. The van der Waals surface area contributed by atoms with Gasteiger partial charge in [0.25, 0.3) is 5.91 Å². The second-order valence-corrected chi connectivity index (χ2v) is 6.58. The van der Waals surface area contributed by atoms with Gasteiger partial charge >= 0.3 is 5.97 Å². The number of hydrogen-bond donors (Lipinski definition) is 2. The Balaban J connectivity index is 2.30. The van der Waals surface area contributed by atoms with Crippen molar-refractivity contribution in [3.8, 4) is 0 Å². The number of amides is 1. The normalized spacial score (nSPS) is 13.6. The summed E-state index contributed by atoms with van der Waals surface area (Å²) in [6.07, 6.45) is 1.75. The number of furan rings is 1. The highest BCUT2D eigenvalue weighted by molar-refractivity contribution is 7.09. The van der Waals surface area contributed by atoms with Crippen molar-refractivity contribution < 1.29 is 19.1 Å². The number of carboxylic acid groups (broad SMARTS) is 1. The molecule has 0 fully saturated rings. The third-order valence-corrected chi connectivity index (χ3v) is 5.00. The Morgan fingerprint density at radius 3 is 2.65 bits per heavy atom. The zero-order valence-corrected chi connectivity index (χ0v) is 14.4. The maximum Gasteiger partial charge on any atom is 0.311 e. The molecule has 2 heterocycles. The molecular weight excluding hydrogens is 316 g/mol. The van der Waals surface area contributed by atoms with Crippen LogP contribution in [0, 0.1) is 13.8 Å². The van der Waals surface area contributed by atoms with E-state index in [-0.39, 0.29) is 18.1 Å². The molecule has 23 heavy (non-hydrogen) atoms. The van der Waals surface area contributed by atoms with Crippen molar-refractivity contribution in [2.24, 2.45) is 0 Å². The van der Waals surface area contributed by atoms with Gasteiger partial charge < -0.3 is 14.8 Å². The smallest absolute Gasteiger partial charge is 0.311 e. The number of carbonyl (C=O) groups is 2. The second kappa shape index (κ2) is 6.54. The number of aliphatic carboxylic acids is 1. The highest BCUT2D eigenvalue weighted by Gasteiger charge is 2.32. The first-order valence-corrected chi connectivity index (χ1v) is 8.18. The highest BCUT2D eigenvalue weighted by atomic mass is 32.1. The number of nitrogens with one attached hydrogen (secondary N) is 1. The number of aryl methyl sites for hydroxylation is 2. The Morgan fingerprint density at radius 2 is 2.13 bits per heavy atom. The van der Waals surface area contributed by atoms with Crippen LogP contribution in [-0.4, -0.2) is 22.0 Å². The number of aromatic nitrogens is 1. The molecule has 6 nitrogen and oxygen atoms in total. The summed E-state index contributed by atoms with van der Waals surface area (Å²) < 4.78 is 5.23. The summed E-state index contributed by atoms with van der Waals surface area (Å²) >= 11 is 1.50. The fourth-order valence-corrected chi connectivity index (χ4v) is 3.27. The molecule has 1 atom stereocenters. The molecule has 0 aliphatic carbocycles. The fraction of sp³-hybridized carbons (Fsp3) is 0.438. The molecule has 1 amide bonds. The summed E-state index contributed by atoms with van der Waals surface area (Å²) in [6, 6.07) is 0. The van der Waals surface area contributed by atoms with Gasteiger partial charge in [-0.3, -0.25) is 9.59 Å². The maximum absolute atomic E-state index is 12.7. The van der Waals surface area contributed by atoms with E-state index in [4.69, 9.17) is 9.52 Å². The number of thiazole rings is 1. The molecule has 0 spiro atoms. The maximum atomic E-state index is 12.7. The molecule has 0 radical (unpaired) electrons. The molecule has 0 saturated carbocycles. The van der Waals surface area contributed by atoms with Crippen molar-refractivity contribution in [3.63, 3.8) is 0 Å².